The summed E-state index contributed by atoms with van der Waals surface area (Å²) < 4.78 is 0.991. The Morgan fingerprint density at radius 1 is 0.905 bits per heavy atom. The second kappa shape index (κ2) is 12.1. The molecule has 4 aromatic carbocycles. The van der Waals surface area contributed by atoms with Gasteiger partial charge in [-0.15, -0.1) is 0 Å². The molecule has 1 heterocycles. The molecule has 1 amide bonds. The van der Waals surface area contributed by atoms with Gasteiger partial charge in [-0.1, -0.05) is 54.1 Å². The third-order valence-electron chi connectivity index (χ3n) is 6.12. The SMILES string of the molecule is O=C(N/C(=C\c1ccc(Cl)cc1)c1nc2ccccc2c(=O)n1Nc1ccc(N([O-])O)cc1N([O-])O)c1ccccc1. The third-order valence-corrected chi connectivity index (χ3v) is 6.37. The number of halogens is 1. The van der Waals surface area contributed by atoms with E-state index >= 15 is 0 Å². The van der Waals surface area contributed by atoms with E-state index in [1.165, 1.54) is 6.07 Å². The molecular weight excluding hydrogens is 564 g/mol. The van der Waals surface area contributed by atoms with Crippen LogP contribution in [-0.2, 0) is 0 Å². The lowest BCUT2D eigenvalue weighted by molar-refractivity contribution is 0.0973. The third kappa shape index (κ3) is 6.07. The topological polar surface area (TPSA) is 169 Å². The molecule has 4 N–H and O–H groups in total. The van der Waals surface area contributed by atoms with Crippen molar-refractivity contribution in [2.75, 3.05) is 15.9 Å². The summed E-state index contributed by atoms with van der Waals surface area (Å²) in [4.78, 5) is 31.8. The zero-order valence-corrected chi connectivity index (χ0v) is 22.3. The first kappa shape index (κ1) is 28.3. The van der Waals surface area contributed by atoms with Crippen molar-refractivity contribution in [3.63, 3.8) is 0 Å². The van der Waals surface area contributed by atoms with Crippen LogP contribution in [0.1, 0.15) is 21.7 Å². The van der Waals surface area contributed by atoms with Crippen molar-refractivity contribution < 1.29 is 15.2 Å². The summed E-state index contributed by atoms with van der Waals surface area (Å²) in [6, 6.07) is 24.9. The van der Waals surface area contributed by atoms with E-state index in [4.69, 9.17) is 11.6 Å². The quantitative estimate of drug-likeness (QED) is 0.177. The molecular formula is C29H21ClN6O6-2. The lowest BCUT2D eigenvalue weighted by atomic mass is 10.1. The number of carbonyl (C=O) groups is 1. The molecule has 0 saturated heterocycles. The molecule has 212 valence electrons. The van der Waals surface area contributed by atoms with E-state index < -0.39 is 27.6 Å². The highest BCUT2D eigenvalue weighted by Gasteiger charge is 2.19. The van der Waals surface area contributed by atoms with Gasteiger partial charge >= 0.3 is 0 Å². The number of carbonyl (C=O) groups excluding carboxylic acids is 1. The number of para-hydroxylation sites is 1. The van der Waals surface area contributed by atoms with Gasteiger partial charge in [-0.3, -0.25) is 25.4 Å². The fourth-order valence-corrected chi connectivity index (χ4v) is 4.22. The van der Waals surface area contributed by atoms with E-state index in [1.807, 2.05) is 0 Å². The molecule has 0 spiro atoms. The van der Waals surface area contributed by atoms with E-state index in [2.05, 4.69) is 15.7 Å². The second-order valence-corrected chi connectivity index (χ2v) is 9.32. The summed E-state index contributed by atoms with van der Waals surface area (Å²) in [5, 5.41) is 44.8. The van der Waals surface area contributed by atoms with Crippen molar-refractivity contribution in [3.8, 4) is 0 Å². The van der Waals surface area contributed by atoms with Crippen molar-refractivity contribution in [1.29, 1.82) is 0 Å². The standard InChI is InChI=1S/C29H21ClN6O6/c30-20-12-10-18(11-13-20)16-25(32-28(37)19-6-2-1-3-7-19)27-31-23-9-5-4-8-22(23)29(38)34(27)33-24-15-14-21(35(39)40)17-26(24)36(41)42/h1-17,33,39,41H,(H,32,37)/q-2/b25-16-. The van der Waals surface area contributed by atoms with Crippen LogP contribution in [0.5, 0.6) is 0 Å². The van der Waals surface area contributed by atoms with Gasteiger partial charge in [-0.25, -0.2) is 4.98 Å². The fraction of sp³-hybridized carbons (Fsp3) is 0. The van der Waals surface area contributed by atoms with Crippen molar-refractivity contribution in [2.24, 2.45) is 0 Å². The van der Waals surface area contributed by atoms with Gasteiger partial charge in [0.15, 0.2) is 5.82 Å². The minimum Gasteiger partial charge on any atom is -0.733 e. The van der Waals surface area contributed by atoms with E-state index in [1.54, 1.807) is 84.9 Å². The maximum Gasteiger partial charge on any atom is 0.280 e. The van der Waals surface area contributed by atoms with Gasteiger partial charge < -0.3 is 26.2 Å². The van der Waals surface area contributed by atoms with Crippen LogP contribution in [-0.4, -0.2) is 26.0 Å². The highest BCUT2D eigenvalue weighted by molar-refractivity contribution is 6.30. The normalized spacial score (nSPS) is 11.3. The molecule has 0 bridgehead atoms. The summed E-state index contributed by atoms with van der Waals surface area (Å²) in [6.07, 6.45) is 1.59. The largest absolute Gasteiger partial charge is 0.733 e. The second-order valence-electron chi connectivity index (χ2n) is 8.88. The molecule has 1 aromatic heterocycles. The van der Waals surface area contributed by atoms with Crippen LogP contribution in [0, 0.1) is 10.4 Å². The minimum absolute atomic E-state index is 0.0593. The van der Waals surface area contributed by atoms with Gasteiger partial charge in [0.25, 0.3) is 11.5 Å². The Balaban J connectivity index is 1.72. The molecule has 42 heavy (non-hydrogen) atoms. The van der Waals surface area contributed by atoms with E-state index in [-0.39, 0.29) is 28.3 Å². The lowest BCUT2D eigenvalue weighted by Crippen LogP contribution is -2.34. The summed E-state index contributed by atoms with van der Waals surface area (Å²) in [5.74, 6) is -0.551. The maximum absolute atomic E-state index is 13.8. The number of fused-ring (bicyclic) bond motifs is 1. The average Bonchev–Trinajstić information content (AvgIpc) is 2.99. The number of benzene rings is 4. The van der Waals surface area contributed by atoms with Gasteiger partial charge in [0.2, 0.25) is 0 Å². The molecule has 0 unspecified atom stereocenters. The number of nitrogens with one attached hydrogen (secondary N) is 2. The minimum atomic E-state index is -0.607. The number of hydrogen-bond acceptors (Lipinski definition) is 10. The van der Waals surface area contributed by atoms with Crippen molar-refractivity contribution in [3.05, 3.63) is 140 Å². The molecule has 0 radical (unpaired) electrons. The van der Waals surface area contributed by atoms with Gasteiger partial charge in [0.05, 0.1) is 33.7 Å². The molecule has 12 nitrogen and oxygen atoms in total. The molecule has 5 rings (SSSR count). The zero-order valence-electron chi connectivity index (χ0n) is 21.5. The Morgan fingerprint density at radius 3 is 2.29 bits per heavy atom. The summed E-state index contributed by atoms with van der Waals surface area (Å²) in [7, 11) is 0. The van der Waals surface area contributed by atoms with Crippen LogP contribution in [0.25, 0.3) is 22.7 Å². The number of rotatable bonds is 8. The predicted octanol–water partition coefficient (Wildman–Crippen LogP) is 5.24. The molecule has 0 fully saturated rings. The summed E-state index contributed by atoms with van der Waals surface area (Å²) in [5.41, 5.74) is 2.55. The Bertz CT molecular complexity index is 1840. The molecule has 0 saturated carbocycles. The molecule has 0 atom stereocenters. The molecule has 5 aromatic rings. The Labute approximate surface area is 243 Å². The van der Waals surface area contributed by atoms with Crippen LogP contribution in [0.2, 0.25) is 5.02 Å². The highest BCUT2D eigenvalue weighted by atomic mass is 35.5. The Kier molecular flexibility index (Phi) is 8.15. The first-order valence-electron chi connectivity index (χ1n) is 12.3. The molecule has 0 aliphatic rings. The molecule has 0 aliphatic heterocycles. The van der Waals surface area contributed by atoms with Gasteiger partial charge in [-0.05, 0) is 66.2 Å². The highest BCUT2D eigenvalue weighted by Crippen LogP contribution is 2.30. The van der Waals surface area contributed by atoms with Crippen LogP contribution >= 0.6 is 11.6 Å². The first-order chi connectivity index (χ1) is 20.2. The predicted molar refractivity (Wildman–Crippen MR) is 160 cm³/mol. The zero-order chi connectivity index (χ0) is 29.8. The maximum atomic E-state index is 13.8. The van der Waals surface area contributed by atoms with Crippen LogP contribution in [0.4, 0.5) is 17.1 Å². The smallest absolute Gasteiger partial charge is 0.280 e. The number of nitrogens with zero attached hydrogens (tertiary/aromatic N) is 4. The van der Waals surface area contributed by atoms with Crippen molar-refractivity contribution in [1.82, 2.24) is 15.0 Å². The van der Waals surface area contributed by atoms with Crippen LogP contribution < -0.4 is 26.8 Å². The van der Waals surface area contributed by atoms with Gasteiger partial charge in [0, 0.05) is 10.6 Å². The van der Waals surface area contributed by atoms with E-state index in [0.717, 1.165) is 16.8 Å². The summed E-state index contributed by atoms with van der Waals surface area (Å²) in [6.45, 7) is 0. The first-order valence-corrected chi connectivity index (χ1v) is 12.7. The average molecular weight is 585 g/mol. The Hall–Kier alpha value is -5.24. The Morgan fingerprint density at radius 2 is 1.60 bits per heavy atom. The molecule has 13 heteroatoms. The summed E-state index contributed by atoms with van der Waals surface area (Å²) >= 11 is 6.06. The number of hydrogen-bond donors (Lipinski definition) is 4. The van der Waals surface area contributed by atoms with Crippen molar-refractivity contribution in [2.45, 2.75) is 0 Å². The number of anilines is 3. The number of aromatic nitrogens is 2. The van der Waals surface area contributed by atoms with Gasteiger partial charge in [0.1, 0.15) is 0 Å². The van der Waals surface area contributed by atoms with Crippen LogP contribution in [0.3, 0.4) is 0 Å². The lowest BCUT2D eigenvalue weighted by Gasteiger charge is -2.29. The monoisotopic (exact) mass is 584 g/mol. The van der Waals surface area contributed by atoms with E-state index in [0.29, 0.717) is 21.7 Å². The molecule has 0 aliphatic carbocycles. The van der Waals surface area contributed by atoms with Crippen LogP contribution in [0.15, 0.2) is 102 Å². The van der Waals surface area contributed by atoms with Gasteiger partial charge in [-0.2, -0.15) is 4.68 Å². The van der Waals surface area contributed by atoms with E-state index in [9.17, 15) is 30.4 Å². The van der Waals surface area contributed by atoms with Crippen molar-refractivity contribution >= 4 is 57.2 Å². The number of amides is 1. The fourth-order valence-electron chi connectivity index (χ4n) is 4.10.